The third-order valence-electron chi connectivity index (χ3n) is 4.90. The van der Waals surface area contributed by atoms with E-state index in [0.29, 0.717) is 6.42 Å². The summed E-state index contributed by atoms with van der Waals surface area (Å²) < 4.78 is 5.75. The van der Waals surface area contributed by atoms with Gasteiger partial charge in [-0.2, -0.15) is 0 Å². The number of anilines is 2. The molecule has 2 aliphatic rings. The van der Waals surface area contributed by atoms with E-state index in [-0.39, 0.29) is 12.0 Å². The molecular weight excluding hydrogens is 302 g/mol. The van der Waals surface area contributed by atoms with Crippen LogP contribution in [-0.2, 0) is 9.53 Å². The van der Waals surface area contributed by atoms with Gasteiger partial charge in [-0.15, -0.1) is 0 Å². The van der Waals surface area contributed by atoms with Crippen molar-refractivity contribution < 1.29 is 9.53 Å². The highest BCUT2D eigenvalue weighted by atomic mass is 16.5. The van der Waals surface area contributed by atoms with Crippen molar-refractivity contribution in [2.24, 2.45) is 0 Å². The van der Waals surface area contributed by atoms with Gasteiger partial charge < -0.3 is 19.4 Å². The zero-order valence-electron chi connectivity index (χ0n) is 14.9. The van der Waals surface area contributed by atoms with Gasteiger partial charge in [0.05, 0.1) is 23.9 Å². The molecule has 1 saturated heterocycles. The van der Waals surface area contributed by atoms with E-state index in [1.54, 1.807) is 0 Å². The van der Waals surface area contributed by atoms with Crippen molar-refractivity contribution in [3.8, 4) is 0 Å². The summed E-state index contributed by atoms with van der Waals surface area (Å²) in [6.07, 6.45) is 3.91. The van der Waals surface area contributed by atoms with Crippen LogP contribution in [0.4, 0.5) is 11.4 Å². The van der Waals surface area contributed by atoms with Gasteiger partial charge in [0, 0.05) is 32.8 Å². The van der Waals surface area contributed by atoms with Gasteiger partial charge in [-0.1, -0.05) is 12.1 Å². The van der Waals surface area contributed by atoms with Crippen molar-refractivity contribution >= 4 is 17.3 Å². The van der Waals surface area contributed by atoms with Crippen LogP contribution in [0.1, 0.15) is 25.7 Å². The molecule has 5 nitrogen and oxygen atoms in total. The number of amides is 1. The summed E-state index contributed by atoms with van der Waals surface area (Å²) in [5.74, 6) is 0.196. The van der Waals surface area contributed by atoms with Crippen LogP contribution in [0.15, 0.2) is 24.3 Å². The number of carbonyl (C=O) groups excluding carboxylic acids is 1. The number of likely N-dealkylation sites (N-methyl/N-ethyl adjacent to an activating group) is 1. The minimum absolute atomic E-state index is 0.102. The first-order valence-corrected chi connectivity index (χ1v) is 9.06. The molecule has 0 aromatic heterocycles. The van der Waals surface area contributed by atoms with Crippen molar-refractivity contribution in [1.29, 1.82) is 0 Å². The second-order valence-electron chi connectivity index (χ2n) is 7.02. The van der Waals surface area contributed by atoms with Crippen LogP contribution < -0.4 is 9.80 Å². The molecule has 3 rings (SSSR count). The maximum atomic E-state index is 12.8. The van der Waals surface area contributed by atoms with Crippen LogP contribution in [-0.4, -0.2) is 63.8 Å². The SMILES string of the molecule is CN(C)CCN1CCN(C(=O)CC2CCCCO2)c2ccccc21. The molecule has 0 bridgehead atoms. The topological polar surface area (TPSA) is 36.0 Å². The smallest absolute Gasteiger partial charge is 0.229 e. The quantitative estimate of drug-likeness (QED) is 0.830. The van der Waals surface area contributed by atoms with Crippen LogP contribution in [0.25, 0.3) is 0 Å². The first kappa shape index (κ1) is 17.2. The van der Waals surface area contributed by atoms with Crippen molar-refractivity contribution in [2.75, 3.05) is 56.7 Å². The Kier molecular flexibility index (Phi) is 5.74. The fourth-order valence-electron chi connectivity index (χ4n) is 3.51. The van der Waals surface area contributed by atoms with Gasteiger partial charge in [-0.3, -0.25) is 4.79 Å². The third kappa shape index (κ3) is 4.08. The highest BCUT2D eigenvalue weighted by Crippen LogP contribution is 2.33. The average Bonchev–Trinajstić information content (AvgIpc) is 2.60. The van der Waals surface area contributed by atoms with Crippen LogP contribution in [0, 0.1) is 0 Å². The molecule has 1 amide bonds. The molecular formula is C19H29N3O2. The standard InChI is InChI=1S/C19H29N3O2/c1-20(2)10-11-21-12-13-22(18-9-4-3-8-17(18)21)19(23)15-16-7-5-6-14-24-16/h3-4,8-9,16H,5-7,10-15H2,1-2H3. The van der Waals surface area contributed by atoms with E-state index in [1.165, 1.54) is 12.1 Å². The Hall–Kier alpha value is -1.59. The predicted octanol–water partition coefficient (Wildman–Crippen LogP) is 2.36. The predicted molar refractivity (Wildman–Crippen MR) is 97.8 cm³/mol. The first-order valence-electron chi connectivity index (χ1n) is 9.06. The average molecular weight is 331 g/mol. The second kappa shape index (κ2) is 7.99. The summed E-state index contributed by atoms with van der Waals surface area (Å²) in [6, 6.07) is 8.27. The van der Waals surface area contributed by atoms with Gasteiger partial charge >= 0.3 is 0 Å². The van der Waals surface area contributed by atoms with E-state index in [9.17, 15) is 4.79 Å². The first-order chi connectivity index (χ1) is 11.6. The lowest BCUT2D eigenvalue weighted by atomic mass is 10.0. The zero-order chi connectivity index (χ0) is 16.9. The van der Waals surface area contributed by atoms with Crippen molar-refractivity contribution in [2.45, 2.75) is 31.8 Å². The summed E-state index contributed by atoms with van der Waals surface area (Å²) in [7, 11) is 4.19. The van der Waals surface area contributed by atoms with E-state index in [4.69, 9.17) is 4.74 Å². The Labute approximate surface area is 145 Å². The third-order valence-corrected chi connectivity index (χ3v) is 4.90. The largest absolute Gasteiger partial charge is 0.378 e. The molecule has 132 valence electrons. The Morgan fingerprint density at radius 2 is 2.00 bits per heavy atom. The Morgan fingerprint density at radius 1 is 1.21 bits per heavy atom. The van der Waals surface area contributed by atoms with E-state index in [2.05, 4.69) is 42.1 Å². The molecule has 0 aliphatic carbocycles. The molecule has 24 heavy (non-hydrogen) atoms. The highest BCUT2D eigenvalue weighted by molar-refractivity contribution is 5.98. The number of nitrogens with zero attached hydrogens (tertiary/aromatic N) is 3. The molecule has 2 aliphatic heterocycles. The van der Waals surface area contributed by atoms with E-state index in [1.807, 2.05) is 11.0 Å². The van der Waals surface area contributed by atoms with Gasteiger partial charge in [0.2, 0.25) is 5.91 Å². The van der Waals surface area contributed by atoms with E-state index < -0.39 is 0 Å². The van der Waals surface area contributed by atoms with Gasteiger partial charge in [0.1, 0.15) is 0 Å². The minimum atomic E-state index is 0.102. The lowest BCUT2D eigenvalue weighted by Gasteiger charge is -2.38. The lowest BCUT2D eigenvalue weighted by molar-refractivity contribution is -0.122. The molecule has 0 radical (unpaired) electrons. The molecule has 0 N–H and O–H groups in total. The molecule has 1 atom stereocenters. The maximum absolute atomic E-state index is 12.8. The van der Waals surface area contributed by atoms with Crippen molar-refractivity contribution in [3.63, 3.8) is 0 Å². The van der Waals surface area contributed by atoms with Crippen LogP contribution in [0.5, 0.6) is 0 Å². The molecule has 1 fully saturated rings. The van der Waals surface area contributed by atoms with Crippen LogP contribution >= 0.6 is 0 Å². The number of carbonyl (C=O) groups is 1. The number of hydrogen-bond donors (Lipinski definition) is 0. The maximum Gasteiger partial charge on any atom is 0.229 e. The lowest BCUT2D eigenvalue weighted by Crippen LogP contribution is -2.46. The summed E-state index contributed by atoms with van der Waals surface area (Å²) in [6.45, 7) is 4.45. The Bertz CT molecular complexity index is 555. The van der Waals surface area contributed by atoms with Crippen molar-refractivity contribution in [3.05, 3.63) is 24.3 Å². The Balaban J connectivity index is 1.70. The number of para-hydroxylation sites is 2. The zero-order valence-corrected chi connectivity index (χ0v) is 14.9. The molecule has 1 aromatic carbocycles. The fourth-order valence-corrected chi connectivity index (χ4v) is 3.51. The molecule has 0 spiro atoms. The number of rotatable bonds is 5. The van der Waals surface area contributed by atoms with Gasteiger partial charge in [0.15, 0.2) is 0 Å². The summed E-state index contributed by atoms with van der Waals surface area (Å²) in [5, 5.41) is 0. The summed E-state index contributed by atoms with van der Waals surface area (Å²) in [5.41, 5.74) is 2.21. The van der Waals surface area contributed by atoms with E-state index in [0.717, 1.165) is 51.3 Å². The van der Waals surface area contributed by atoms with Gasteiger partial charge in [-0.05, 0) is 45.5 Å². The fraction of sp³-hybridized carbons (Fsp3) is 0.632. The molecule has 1 aromatic rings. The molecule has 0 saturated carbocycles. The van der Waals surface area contributed by atoms with Crippen LogP contribution in [0.2, 0.25) is 0 Å². The molecule has 2 heterocycles. The Morgan fingerprint density at radius 3 is 2.71 bits per heavy atom. The van der Waals surface area contributed by atoms with Crippen LogP contribution in [0.3, 0.4) is 0 Å². The normalized spacial score (nSPS) is 21.0. The van der Waals surface area contributed by atoms with Crippen molar-refractivity contribution in [1.82, 2.24) is 4.90 Å². The second-order valence-corrected chi connectivity index (χ2v) is 7.02. The summed E-state index contributed by atoms with van der Waals surface area (Å²) >= 11 is 0. The number of fused-ring (bicyclic) bond motifs is 1. The minimum Gasteiger partial charge on any atom is -0.378 e. The number of hydrogen-bond acceptors (Lipinski definition) is 4. The molecule has 5 heteroatoms. The number of ether oxygens (including phenoxy) is 1. The molecule has 1 unspecified atom stereocenters. The monoisotopic (exact) mass is 331 g/mol. The van der Waals surface area contributed by atoms with Gasteiger partial charge in [-0.25, -0.2) is 0 Å². The highest BCUT2D eigenvalue weighted by Gasteiger charge is 2.28. The van der Waals surface area contributed by atoms with E-state index >= 15 is 0 Å². The summed E-state index contributed by atoms with van der Waals surface area (Å²) in [4.78, 5) is 19.4. The number of benzene rings is 1. The van der Waals surface area contributed by atoms with Gasteiger partial charge in [0.25, 0.3) is 0 Å².